The van der Waals surface area contributed by atoms with Crippen molar-refractivity contribution in [3.8, 4) is 0 Å². The Bertz CT molecular complexity index is 389. The number of aromatic nitrogens is 4. The lowest BCUT2D eigenvalue weighted by Crippen LogP contribution is -2.41. The molecule has 1 aromatic rings. The predicted molar refractivity (Wildman–Crippen MR) is 61.2 cm³/mol. The van der Waals surface area contributed by atoms with Gasteiger partial charge in [0.15, 0.2) is 5.82 Å². The molecule has 2 atom stereocenters. The predicted octanol–water partition coefficient (Wildman–Crippen LogP) is 0.211. The maximum atomic E-state index is 9.70. The normalized spacial score (nSPS) is 30.7. The molecule has 1 aromatic heterocycles. The van der Waals surface area contributed by atoms with Crippen molar-refractivity contribution in [2.24, 2.45) is 5.92 Å². The zero-order chi connectivity index (χ0) is 11.8. The summed E-state index contributed by atoms with van der Waals surface area (Å²) in [6.45, 7) is 4.77. The summed E-state index contributed by atoms with van der Waals surface area (Å²) in [5, 5.41) is 21.6. The largest absolute Gasteiger partial charge is 0.393 e. The first-order valence-electron chi connectivity index (χ1n) is 6.41. The molecule has 2 heterocycles. The number of aliphatic hydroxyl groups excluding tert-OH is 1. The van der Waals surface area contributed by atoms with Crippen molar-refractivity contribution in [3.05, 3.63) is 5.82 Å². The minimum Gasteiger partial charge on any atom is -0.393 e. The number of rotatable bonds is 3. The molecule has 1 aliphatic heterocycles. The van der Waals surface area contributed by atoms with Crippen LogP contribution in [0.25, 0.3) is 0 Å². The Balaban J connectivity index is 1.64. The molecule has 1 N–H and O–H groups in total. The Morgan fingerprint density at radius 3 is 2.88 bits per heavy atom. The number of hydrogen-bond donors (Lipinski definition) is 1. The Labute approximate surface area is 101 Å². The molecule has 2 aliphatic rings. The summed E-state index contributed by atoms with van der Waals surface area (Å²) in [5.41, 5.74) is 0. The summed E-state index contributed by atoms with van der Waals surface area (Å²) in [4.78, 5) is 2.34. The fourth-order valence-electron chi connectivity index (χ4n) is 2.48. The molecule has 0 bridgehead atoms. The molecule has 0 aromatic carbocycles. The van der Waals surface area contributed by atoms with Crippen molar-refractivity contribution in [2.75, 3.05) is 13.1 Å². The summed E-state index contributed by atoms with van der Waals surface area (Å²) >= 11 is 0. The second kappa shape index (κ2) is 4.34. The highest BCUT2D eigenvalue weighted by molar-refractivity contribution is 4.91. The first kappa shape index (κ1) is 11.1. The van der Waals surface area contributed by atoms with Crippen LogP contribution in [-0.4, -0.2) is 49.4 Å². The molecule has 0 spiro atoms. The van der Waals surface area contributed by atoms with Gasteiger partial charge in [0.2, 0.25) is 0 Å². The smallest absolute Gasteiger partial charge is 0.165 e. The van der Waals surface area contributed by atoms with E-state index in [1.807, 2.05) is 4.68 Å². The fraction of sp³-hybridized carbons (Fsp3) is 0.909. The lowest BCUT2D eigenvalue weighted by Gasteiger charge is -2.33. The van der Waals surface area contributed by atoms with Crippen LogP contribution in [0, 0.1) is 5.92 Å². The summed E-state index contributed by atoms with van der Waals surface area (Å²) in [7, 11) is 0. The Kier molecular flexibility index (Phi) is 2.84. The molecule has 1 saturated carbocycles. The first-order chi connectivity index (χ1) is 8.24. The monoisotopic (exact) mass is 237 g/mol. The molecule has 6 nitrogen and oxygen atoms in total. The number of tetrazole rings is 1. The van der Waals surface area contributed by atoms with Crippen LogP contribution >= 0.6 is 0 Å². The molecule has 1 aliphatic carbocycles. The van der Waals surface area contributed by atoms with Crippen LogP contribution in [0.1, 0.15) is 38.1 Å². The Hall–Kier alpha value is -1.01. The van der Waals surface area contributed by atoms with Gasteiger partial charge in [0, 0.05) is 13.1 Å². The van der Waals surface area contributed by atoms with Crippen LogP contribution in [0.15, 0.2) is 0 Å². The van der Waals surface area contributed by atoms with Crippen molar-refractivity contribution in [2.45, 2.75) is 44.9 Å². The van der Waals surface area contributed by atoms with Gasteiger partial charge in [-0.1, -0.05) is 6.92 Å². The molecular formula is C11H19N5O. The van der Waals surface area contributed by atoms with Crippen molar-refractivity contribution in [1.82, 2.24) is 25.1 Å². The standard InChI is InChI=1S/C11H19N5O/c1-8-6-15(5-4-10(8)17)7-11-12-13-14-16(11)9-2-3-9/h8-10,17H,2-7H2,1H3. The van der Waals surface area contributed by atoms with Crippen LogP contribution in [0.5, 0.6) is 0 Å². The maximum absolute atomic E-state index is 9.70. The summed E-state index contributed by atoms with van der Waals surface area (Å²) in [5.74, 6) is 1.31. The van der Waals surface area contributed by atoms with E-state index in [4.69, 9.17) is 0 Å². The molecule has 94 valence electrons. The number of piperidine rings is 1. The third-order valence-electron chi connectivity index (χ3n) is 3.76. The van der Waals surface area contributed by atoms with E-state index in [9.17, 15) is 5.11 Å². The van der Waals surface area contributed by atoms with Gasteiger partial charge in [0.05, 0.1) is 18.7 Å². The zero-order valence-electron chi connectivity index (χ0n) is 10.2. The Morgan fingerprint density at radius 1 is 1.35 bits per heavy atom. The molecular weight excluding hydrogens is 218 g/mol. The second-order valence-electron chi connectivity index (χ2n) is 5.34. The van der Waals surface area contributed by atoms with Crippen LogP contribution in [0.4, 0.5) is 0 Å². The quantitative estimate of drug-likeness (QED) is 0.814. The van der Waals surface area contributed by atoms with Gasteiger partial charge in [0.25, 0.3) is 0 Å². The average molecular weight is 237 g/mol. The van der Waals surface area contributed by atoms with Crippen molar-refractivity contribution in [3.63, 3.8) is 0 Å². The zero-order valence-corrected chi connectivity index (χ0v) is 10.2. The molecule has 0 radical (unpaired) electrons. The van der Waals surface area contributed by atoms with E-state index in [-0.39, 0.29) is 6.10 Å². The van der Waals surface area contributed by atoms with Gasteiger partial charge in [-0.3, -0.25) is 4.90 Å². The summed E-state index contributed by atoms with van der Waals surface area (Å²) in [6.07, 6.45) is 3.11. The minimum atomic E-state index is -0.148. The van der Waals surface area contributed by atoms with Crippen LogP contribution in [0.3, 0.4) is 0 Å². The van der Waals surface area contributed by atoms with E-state index in [0.29, 0.717) is 12.0 Å². The van der Waals surface area contributed by atoms with Gasteiger partial charge in [-0.2, -0.15) is 0 Å². The van der Waals surface area contributed by atoms with Gasteiger partial charge in [-0.15, -0.1) is 5.10 Å². The van der Waals surface area contributed by atoms with E-state index < -0.39 is 0 Å². The fourth-order valence-corrected chi connectivity index (χ4v) is 2.48. The highest BCUT2D eigenvalue weighted by Crippen LogP contribution is 2.34. The van der Waals surface area contributed by atoms with E-state index in [2.05, 4.69) is 27.3 Å². The molecule has 17 heavy (non-hydrogen) atoms. The maximum Gasteiger partial charge on any atom is 0.165 e. The lowest BCUT2D eigenvalue weighted by molar-refractivity contribution is 0.0305. The molecule has 3 rings (SSSR count). The third kappa shape index (κ3) is 2.32. The third-order valence-corrected chi connectivity index (χ3v) is 3.76. The van der Waals surface area contributed by atoms with E-state index in [0.717, 1.165) is 31.9 Å². The van der Waals surface area contributed by atoms with Crippen LogP contribution in [0.2, 0.25) is 0 Å². The van der Waals surface area contributed by atoms with Crippen molar-refractivity contribution in [1.29, 1.82) is 0 Å². The summed E-state index contributed by atoms with van der Waals surface area (Å²) in [6, 6.07) is 0.535. The van der Waals surface area contributed by atoms with Crippen molar-refractivity contribution >= 4 is 0 Å². The van der Waals surface area contributed by atoms with Gasteiger partial charge in [-0.25, -0.2) is 4.68 Å². The molecule has 6 heteroatoms. The number of aliphatic hydroxyl groups is 1. The Morgan fingerprint density at radius 2 is 2.18 bits per heavy atom. The van der Waals surface area contributed by atoms with Crippen LogP contribution in [-0.2, 0) is 6.54 Å². The molecule has 1 saturated heterocycles. The van der Waals surface area contributed by atoms with E-state index >= 15 is 0 Å². The van der Waals surface area contributed by atoms with Crippen molar-refractivity contribution < 1.29 is 5.11 Å². The molecule has 0 amide bonds. The lowest BCUT2D eigenvalue weighted by atomic mass is 9.97. The average Bonchev–Trinajstić information content (AvgIpc) is 3.05. The first-order valence-corrected chi connectivity index (χ1v) is 6.41. The topological polar surface area (TPSA) is 67.1 Å². The highest BCUT2D eigenvalue weighted by atomic mass is 16.3. The highest BCUT2D eigenvalue weighted by Gasteiger charge is 2.30. The molecule has 2 fully saturated rings. The number of hydrogen-bond acceptors (Lipinski definition) is 5. The van der Waals surface area contributed by atoms with Gasteiger partial charge >= 0.3 is 0 Å². The minimum absolute atomic E-state index is 0.148. The van der Waals surface area contributed by atoms with Gasteiger partial charge < -0.3 is 5.11 Å². The van der Waals surface area contributed by atoms with Crippen LogP contribution < -0.4 is 0 Å². The van der Waals surface area contributed by atoms with E-state index in [1.165, 1.54) is 12.8 Å². The SMILES string of the molecule is CC1CN(Cc2nnnn2C2CC2)CCC1O. The van der Waals surface area contributed by atoms with Gasteiger partial charge in [-0.05, 0) is 35.6 Å². The number of likely N-dealkylation sites (tertiary alicyclic amines) is 1. The van der Waals surface area contributed by atoms with E-state index in [1.54, 1.807) is 0 Å². The van der Waals surface area contributed by atoms with Gasteiger partial charge in [0.1, 0.15) is 0 Å². The molecule has 2 unspecified atom stereocenters. The number of nitrogens with zero attached hydrogens (tertiary/aromatic N) is 5. The summed E-state index contributed by atoms with van der Waals surface area (Å²) < 4.78 is 1.97. The second-order valence-corrected chi connectivity index (χ2v) is 5.34.